The van der Waals surface area contributed by atoms with Gasteiger partial charge in [-0.25, -0.2) is 4.98 Å². The van der Waals surface area contributed by atoms with Crippen LogP contribution in [-0.4, -0.2) is 26.9 Å². The van der Waals surface area contributed by atoms with E-state index in [1.54, 1.807) is 11.8 Å². The van der Waals surface area contributed by atoms with Gasteiger partial charge in [-0.05, 0) is 159 Å². The molecule has 0 bridgehead atoms. The molecule has 1 saturated carbocycles. The van der Waals surface area contributed by atoms with Gasteiger partial charge in [-0.3, -0.25) is 4.79 Å². The molecule has 4 aromatic rings. The van der Waals surface area contributed by atoms with Crippen molar-refractivity contribution in [2.75, 3.05) is 5.75 Å². The van der Waals surface area contributed by atoms with Gasteiger partial charge in [0.15, 0.2) is 0 Å². The predicted octanol–water partition coefficient (Wildman–Crippen LogP) is 13.3. The maximum atomic E-state index is 12.4. The third-order valence-corrected chi connectivity index (χ3v) is 16.1. The first-order chi connectivity index (χ1) is 25.8. The Morgan fingerprint density at radius 2 is 1.61 bits per heavy atom. The van der Waals surface area contributed by atoms with Crippen LogP contribution in [0.15, 0.2) is 48.5 Å². The fourth-order valence-electron chi connectivity index (χ4n) is 9.59. The number of hydrogen-bond donors (Lipinski definition) is 2. The Bertz CT molecular complexity index is 2240. The predicted molar refractivity (Wildman–Crippen MR) is 232 cm³/mol. The molecule has 1 aromatic heterocycles. The number of carboxylic acid groups (broad SMARTS) is 1. The van der Waals surface area contributed by atoms with Crippen molar-refractivity contribution in [3.8, 4) is 0 Å². The Balaban J connectivity index is 1.71. The summed E-state index contributed by atoms with van der Waals surface area (Å²) in [6.07, 6.45) is 3.31. The van der Waals surface area contributed by atoms with E-state index in [0.29, 0.717) is 23.6 Å². The van der Waals surface area contributed by atoms with Gasteiger partial charge in [0.05, 0.1) is 26.0 Å². The number of aliphatic carboxylic acids is 1. The summed E-state index contributed by atoms with van der Waals surface area (Å²) in [5.41, 5.74) is 9.36. The number of allylic oxidation sites excluding steroid dienone is 1. The van der Waals surface area contributed by atoms with E-state index in [4.69, 9.17) is 16.6 Å². The van der Waals surface area contributed by atoms with Crippen LogP contribution < -0.4 is 0 Å². The Hall–Kier alpha value is -3.12. The summed E-state index contributed by atoms with van der Waals surface area (Å²) in [5, 5.41) is 23.5. The van der Waals surface area contributed by atoms with Crippen molar-refractivity contribution in [3.05, 3.63) is 109 Å². The van der Waals surface area contributed by atoms with Crippen molar-refractivity contribution < 1.29 is 17.7 Å². The van der Waals surface area contributed by atoms with Crippen LogP contribution in [0.25, 0.3) is 22.6 Å². The van der Waals surface area contributed by atoms with Crippen molar-refractivity contribution in [3.63, 3.8) is 0 Å². The van der Waals surface area contributed by atoms with Crippen LogP contribution in [0.5, 0.6) is 0 Å². The standard InChI is InChI=1S/C48H62ClNO3S/c1-15-46(13,53)38-19-17-16-18-36(38)31(5)25-47(14,54-27-48(26-41(51)52)44(9,10)45(48,11)12)37-21-20-28(2)42(34(37)8)29(3)22-35-23-30(4)43-33(7)32(6)39(49)24-40(43)50-35/h16-24,31,53H,15,25-27H2,1-14H3,(H,51,52)/b29-22+/t31?,46?,47-/m1/s1/i20D,21D. The minimum Gasteiger partial charge on any atom is -0.481 e. The second kappa shape index (κ2) is 14.8. The Labute approximate surface area is 337 Å². The zero-order valence-electron chi connectivity index (χ0n) is 37.0. The number of aryl methyl sites for hydroxylation is 2. The number of aromatic nitrogens is 1. The van der Waals surface area contributed by atoms with Crippen LogP contribution in [0.1, 0.15) is 146 Å². The molecule has 0 amide bonds. The third-order valence-electron chi connectivity index (χ3n) is 14.1. The summed E-state index contributed by atoms with van der Waals surface area (Å²) in [4.78, 5) is 17.5. The fraction of sp³-hybridized carbons (Fsp3) is 0.500. The van der Waals surface area contributed by atoms with E-state index < -0.39 is 21.7 Å². The van der Waals surface area contributed by atoms with E-state index in [-0.39, 0.29) is 35.3 Å². The second-order valence-electron chi connectivity index (χ2n) is 17.7. The average Bonchev–Trinajstić information content (AvgIpc) is 3.44. The number of rotatable bonds is 13. The molecule has 6 heteroatoms. The molecule has 3 aromatic carbocycles. The van der Waals surface area contributed by atoms with E-state index in [9.17, 15) is 17.7 Å². The molecule has 2 unspecified atom stereocenters. The topological polar surface area (TPSA) is 70.4 Å². The summed E-state index contributed by atoms with van der Waals surface area (Å²) < 4.78 is 18.3. The van der Waals surface area contributed by atoms with Crippen LogP contribution >= 0.6 is 23.4 Å². The molecular formula is C48H62ClNO3S. The van der Waals surface area contributed by atoms with Gasteiger partial charge in [-0.15, -0.1) is 11.8 Å². The first-order valence-electron chi connectivity index (χ1n) is 20.3. The highest BCUT2D eigenvalue weighted by Crippen LogP contribution is 2.80. The number of halogens is 1. The monoisotopic (exact) mass is 769 g/mol. The summed E-state index contributed by atoms with van der Waals surface area (Å²) in [7, 11) is 0. The van der Waals surface area contributed by atoms with Crippen molar-refractivity contribution in [2.45, 2.75) is 132 Å². The van der Waals surface area contributed by atoms with Crippen molar-refractivity contribution in [2.24, 2.45) is 16.2 Å². The van der Waals surface area contributed by atoms with Gasteiger partial charge in [-0.1, -0.05) is 89.5 Å². The molecule has 0 aliphatic heterocycles. The number of fused-ring (bicyclic) bond motifs is 1. The molecule has 54 heavy (non-hydrogen) atoms. The molecule has 1 aliphatic rings. The molecule has 0 spiro atoms. The van der Waals surface area contributed by atoms with E-state index >= 15 is 0 Å². The minimum atomic E-state index is -1.01. The molecule has 2 N–H and O–H groups in total. The third kappa shape index (κ3) is 7.07. The lowest BCUT2D eigenvalue weighted by Crippen LogP contribution is -2.28. The number of pyridine rings is 1. The molecule has 3 atom stereocenters. The van der Waals surface area contributed by atoms with Gasteiger partial charge in [0.25, 0.3) is 0 Å². The summed E-state index contributed by atoms with van der Waals surface area (Å²) in [6, 6.07) is 12.5. The fourth-order valence-corrected chi connectivity index (χ4v) is 11.9. The van der Waals surface area contributed by atoms with Crippen molar-refractivity contribution >= 4 is 51.9 Å². The molecule has 0 saturated heterocycles. The number of thioether (sulfide) groups is 1. The second-order valence-corrected chi connectivity index (χ2v) is 19.6. The quantitative estimate of drug-likeness (QED) is 0.142. The largest absolute Gasteiger partial charge is 0.481 e. The molecule has 290 valence electrons. The molecule has 5 rings (SSSR count). The van der Waals surface area contributed by atoms with Crippen molar-refractivity contribution in [1.29, 1.82) is 0 Å². The Morgan fingerprint density at radius 3 is 2.20 bits per heavy atom. The Kier molecular flexibility index (Phi) is 10.7. The molecular weight excluding hydrogens is 706 g/mol. The number of aliphatic hydroxyl groups is 1. The molecule has 1 aliphatic carbocycles. The van der Waals surface area contributed by atoms with Gasteiger partial charge in [0.2, 0.25) is 0 Å². The first kappa shape index (κ1) is 39.1. The lowest BCUT2D eigenvalue weighted by atomic mass is 9.78. The summed E-state index contributed by atoms with van der Waals surface area (Å²) in [6.45, 7) is 29.2. The molecule has 4 nitrogen and oxygen atoms in total. The van der Waals surface area contributed by atoms with Crippen LogP contribution in [0.2, 0.25) is 5.02 Å². The van der Waals surface area contributed by atoms with Crippen LogP contribution in [-0.2, 0) is 15.1 Å². The van der Waals surface area contributed by atoms with Crippen LogP contribution in [0.3, 0.4) is 0 Å². The molecule has 1 heterocycles. The number of carboxylic acids is 1. The highest BCUT2D eigenvalue weighted by molar-refractivity contribution is 8.00. The highest BCUT2D eigenvalue weighted by Gasteiger charge is 2.76. The van der Waals surface area contributed by atoms with E-state index in [1.165, 1.54) is 0 Å². The summed E-state index contributed by atoms with van der Waals surface area (Å²) in [5.74, 6) is -0.247. The van der Waals surface area contributed by atoms with Crippen LogP contribution in [0, 0.1) is 50.9 Å². The zero-order chi connectivity index (χ0) is 42.1. The minimum absolute atomic E-state index is 0.0320. The van der Waals surface area contributed by atoms with E-state index in [1.807, 2.05) is 52.0 Å². The van der Waals surface area contributed by atoms with Crippen molar-refractivity contribution in [1.82, 2.24) is 4.98 Å². The van der Waals surface area contributed by atoms with Gasteiger partial charge in [-0.2, -0.15) is 0 Å². The van der Waals surface area contributed by atoms with E-state index in [0.717, 1.165) is 72.2 Å². The van der Waals surface area contributed by atoms with Gasteiger partial charge < -0.3 is 10.2 Å². The maximum absolute atomic E-state index is 12.4. The Morgan fingerprint density at radius 1 is 0.981 bits per heavy atom. The lowest BCUT2D eigenvalue weighted by Gasteiger charge is -2.38. The van der Waals surface area contributed by atoms with Gasteiger partial charge in [0.1, 0.15) is 0 Å². The molecule has 1 fully saturated rings. The SMILES string of the molecule is [2H]c1c([2H])c([C@@](C)(CC(C)c2ccccc2C(C)(O)CC)SCC2(CC(=O)O)C(C)(C)C2(C)C)c(C)c(/C(C)=C/c2cc(C)c3c(C)c(C)c(Cl)cc3n2)c1C. The number of benzene rings is 3. The maximum Gasteiger partial charge on any atom is 0.303 e. The zero-order valence-corrected chi connectivity index (χ0v) is 36.6. The average molecular weight is 771 g/mol. The van der Waals surface area contributed by atoms with Gasteiger partial charge >= 0.3 is 5.97 Å². The summed E-state index contributed by atoms with van der Waals surface area (Å²) >= 11 is 8.36. The normalized spacial score (nSPS) is 19.4. The molecule has 0 radical (unpaired) electrons. The first-order valence-corrected chi connectivity index (χ1v) is 20.7. The number of nitrogens with zero attached hydrogens (tertiary/aromatic N) is 1. The number of carbonyl (C=O) groups is 1. The highest BCUT2D eigenvalue weighted by atomic mass is 35.5. The lowest BCUT2D eigenvalue weighted by molar-refractivity contribution is -0.138. The van der Waals surface area contributed by atoms with Crippen LogP contribution in [0.4, 0.5) is 0 Å². The van der Waals surface area contributed by atoms with Gasteiger partial charge in [0, 0.05) is 26.3 Å². The smallest absolute Gasteiger partial charge is 0.303 e. The number of hydrogen-bond acceptors (Lipinski definition) is 4. The van der Waals surface area contributed by atoms with E-state index in [2.05, 4.69) is 87.4 Å².